The lowest BCUT2D eigenvalue weighted by Crippen LogP contribution is -2.26. The fourth-order valence-electron chi connectivity index (χ4n) is 2.33. The standard InChI is InChI=1S/C18H22N2O3S2/c1-12-4-8-17(25-12)16(22)7-5-15(21)6-9-18(23)20(3)10-14-11-24-13(2)19-14/h4,8,11H,5-7,9-10H2,1-3H3. The van der Waals surface area contributed by atoms with Gasteiger partial charge in [0, 0.05) is 43.0 Å². The summed E-state index contributed by atoms with van der Waals surface area (Å²) < 4.78 is 0. The molecular weight excluding hydrogens is 356 g/mol. The SMILES string of the molecule is Cc1ccc(C(=O)CCC(=O)CCC(=O)N(C)Cc2csc(C)n2)s1. The van der Waals surface area contributed by atoms with Crippen LogP contribution in [0.5, 0.6) is 0 Å². The molecule has 134 valence electrons. The van der Waals surface area contributed by atoms with Crippen LogP contribution < -0.4 is 0 Å². The van der Waals surface area contributed by atoms with Gasteiger partial charge in [0.05, 0.1) is 22.1 Å². The van der Waals surface area contributed by atoms with E-state index >= 15 is 0 Å². The number of thiazole rings is 1. The normalized spacial score (nSPS) is 10.7. The molecule has 0 aliphatic heterocycles. The number of aryl methyl sites for hydroxylation is 2. The molecule has 0 aliphatic rings. The van der Waals surface area contributed by atoms with Crippen molar-refractivity contribution in [3.63, 3.8) is 0 Å². The van der Waals surface area contributed by atoms with E-state index in [1.54, 1.807) is 29.4 Å². The number of rotatable bonds is 9. The maximum Gasteiger partial charge on any atom is 0.223 e. The van der Waals surface area contributed by atoms with Crippen LogP contribution in [0.1, 0.15) is 50.9 Å². The number of hydrogen-bond acceptors (Lipinski definition) is 6. The second kappa shape index (κ2) is 9.01. The van der Waals surface area contributed by atoms with Crippen molar-refractivity contribution < 1.29 is 14.4 Å². The van der Waals surface area contributed by atoms with E-state index in [2.05, 4.69) is 4.98 Å². The van der Waals surface area contributed by atoms with Gasteiger partial charge in [-0.3, -0.25) is 14.4 Å². The summed E-state index contributed by atoms with van der Waals surface area (Å²) in [6, 6.07) is 3.70. The Bertz CT molecular complexity index is 764. The monoisotopic (exact) mass is 378 g/mol. The number of aromatic nitrogens is 1. The summed E-state index contributed by atoms with van der Waals surface area (Å²) in [5.74, 6) is -0.138. The summed E-state index contributed by atoms with van der Waals surface area (Å²) in [4.78, 5) is 43.7. The topological polar surface area (TPSA) is 67.3 Å². The van der Waals surface area contributed by atoms with Gasteiger partial charge in [-0.25, -0.2) is 4.98 Å². The number of carbonyl (C=O) groups excluding carboxylic acids is 3. The fraction of sp³-hybridized carbons (Fsp3) is 0.444. The van der Waals surface area contributed by atoms with Gasteiger partial charge in [0.2, 0.25) is 5.91 Å². The predicted octanol–water partition coefficient (Wildman–Crippen LogP) is 3.79. The lowest BCUT2D eigenvalue weighted by molar-refractivity contribution is -0.132. The molecule has 0 aromatic carbocycles. The van der Waals surface area contributed by atoms with Crippen LogP contribution in [0.15, 0.2) is 17.5 Å². The highest BCUT2D eigenvalue weighted by Gasteiger charge is 2.15. The number of amides is 1. The highest BCUT2D eigenvalue weighted by Crippen LogP contribution is 2.18. The van der Waals surface area contributed by atoms with Gasteiger partial charge in [0.1, 0.15) is 5.78 Å². The molecule has 2 rings (SSSR count). The number of thiophene rings is 1. The number of carbonyl (C=O) groups is 3. The Balaban J connectivity index is 1.70. The molecule has 0 bridgehead atoms. The quantitative estimate of drug-likeness (QED) is 0.623. The maximum absolute atomic E-state index is 12.1. The van der Waals surface area contributed by atoms with E-state index in [1.807, 2.05) is 25.3 Å². The van der Waals surface area contributed by atoms with Gasteiger partial charge in [-0.15, -0.1) is 22.7 Å². The Labute approximate surface area is 155 Å². The van der Waals surface area contributed by atoms with Crippen molar-refractivity contribution in [3.8, 4) is 0 Å². The zero-order valence-corrected chi connectivity index (χ0v) is 16.3. The summed E-state index contributed by atoms with van der Waals surface area (Å²) >= 11 is 3.00. The molecule has 0 fully saturated rings. The molecule has 0 unspecified atom stereocenters. The van der Waals surface area contributed by atoms with Crippen LogP contribution in [0.25, 0.3) is 0 Å². The van der Waals surface area contributed by atoms with Gasteiger partial charge in [-0.1, -0.05) is 0 Å². The van der Waals surface area contributed by atoms with Crippen molar-refractivity contribution in [1.29, 1.82) is 0 Å². The lowest BCUT2D eigenvalue weighted by atomic mass is 10.1. The van der Waals surface area contributed by atoms with Gasteiger partial charge in [0.15, 0.2) is 5.78 Å². The van der Waals surface area contributed by atoms with Crippen LogP contribution in [-0.4, -0.2) is 34.4 Å². The van der Waals surface area contributed by atoms with Gasteiger partial charge in [0.25, 0.3) is 0 Å². The third-order valence-corrected chi connectivity index (χ3v) is 5.62. The first-order chi connectivity index (χ1) is 11.8. The molecule has 2 aromatic rings. The minimum Gasteiger partial charge on any atom is -0.340 e. The second-order valence-corrected chi connectivity index (χ2v) is 8.33. The number of nitrogens with zero attached hydrogens (tertiary/aromatic N) is 2. The highest BCUT2D eigenvalue weighted by atomic mass is 32.1. The molecule has 25 heavy (non-hydrogen) atoms. The smallest absolute Gasteiger partial charge is 0.223 e. The van der Waals surface area contributed by atoms with E-state index in [-0.39, 0.29) is 43.2 Å². The second-order valence-electron chi connectivity index (χ2n) is 5.98. The Morgan fingerprint density at radius 2 is 1.80 bits per heavy atom. The molecule has 0 saturated heterocycles. The summed E-state index contributed by atoms with van der Waals surface area (Å²) in [5, 5.41) is 2.90. The average Bonchev–Trinajstić information content (AvgIpc) is 3.18. The molecule has 0 radical (unpaired) electrons. The first-order valence-electron chi connectivity index (χ1n) is 8.11. The molecular formula is C18H22N2O3S2. The Kier molecular flexibility index (Phi) is 7.01. The van der Waals surface area contributed by atoms with Crippen molar-refractivity contribution in [1.82, 2.24) is 9.88 Å². The zero-order valence-electron chi connectivity index (χ0n) is 14.7. The Morgan fingerprint density at radius 1 is 1.08 bits per heavy atom. The molecule has 5 nitrogen and oxygen atoms in total. The molecule has 0 N–H and O–H groups in total. The first-order valence-corrected chi connectivity index (χ1v) is 9.81. The number of Topliss-reactive ketones (excluding diaryl/α,β-unsaturated/α-hetero) is 2. The van der Waals surface area contributed by atoms with Crippen LogP contribution in [0, 0.1) is 13.8 Å². The number of hydrogen-bond donors (Lipinski definition) is 0. The highest BCUT2D eigenvalue weighted by molar-refractivity contribution is 7.14. The molecule has 0 spiro atoms. The van der Waals surface area contributed by atoms with Crippen LogP contribution in [0.2, 0.25) is 0 Å². The van der Waals surface area contributed by atoms with E-state index in [0.717, 1.165) is 15.6 Å². The van der Waals surface area contributed by atoms with Crippen LogP contribution in [0.4, 0.5) is 0 Å². The van der Waals surface area contributed by atoms with E-state index in [4.69, 9.17) is 0 Å². The third-order valence-electron chi connectivity index (χ3n) is 3.76. The lowest BCUT2D eigenvalue weighted by Gasteiger charge is -2.15. The van der Waals surface area contributed by atoms with Gasteiger partial charge >= 0.3 is 0 Å². The van der Waals surface area contributed by atoms with Gasteiger partial charge in [-0.2, -0.15) is 0 Å². The van der Waals surface area contributed by atoms with Crippen molar-refractivity contribution in [2.45, 2.75) is 46.1 Å². The van der Waals surface area contributed by atoms with E-state index in [9.17, 15) is 14.4 Å². The minimum atomic E-state index is -0.0841. The van der Waals surface area contributed by atoms with Crippen molar-refractivity contribution in [3.05, 3.63) is 38.0 Å². The van der Waals surface area contributed by atoms with Gasteiger partial charge in [-0.05, 0) is 26.0 Å². The van der Waals surface area contributed by atoms with Crippen LogP contribution >= 0.6 is 22.7 Å². The molecule has 0 atom stereocenters. The largest absolute Gasteiger partial charge is 0.340 e. The third kappa shape index (κ3) is 6.17. The summed E-state index contributed by atoms with van der Waals surface area (Å²) in [5.41, 5.74) is 0.863. The first kappa shape index (κ1) is 19.5. The Morgan fingerprint density at radius 3 is 2.40 bits per heavy atom. The minimum absolute atomic E-state index is 0.00574. The van der Waals surface area contributed by atoms with E-state index in [0.29, 0.717) is 11.4 Å². The fourth-order valence-corrected chi connectivity index (χ4v) is 3.77. The van der Waals surface area contributed by atoms with Crippen molar-refractivity contribution >= 4 is 40.1 Å². The Hall–Kier alpha value is -1.86. The zero-order chi connectivity index (χ0) is 18.4. The maximum atomic E-state index is 12.1. The summed E-state index contributed by atoms with van der Waals surface area (Å²) in [7, 11) is 1.71. The molecule has 1 amide bonds. The molecule has 0 saturated carbocycles. The van der Waals surface area contributed by atoms with Crippen molar-refractivity contribution in [2.24, 2.45) is 0 Å². The predicted molar refractivity (Wildman–Crippen MR) is 100 cm³/mol. The summed E-state index contributed by atoms with van der Waals surface area (Å²) in [6.45, 7) is 4.32. The summed E-state index contributed by atoms with van der Waals surface area (Å²) in [6.07, 6.45) is 0.750. The number of ketones is 2. The van der Waals surface area contributed by atoms with Gasteiger partial charge < -0.3 is 4.90 Å². The van der Waals surface area contributed by atoms with Crippen molar-refractivity contribution in [2.75, 3.05) is 7.05 Å². The van der Waals surface area contributed by atoms with Crippen LogP contribution in [0.3, 0.4) is 0 Å². The molecule has 0 aliphatic carbocycles. The van der Waals surface area contributed by atoms with E-state index in [1.165, 1.54) is 11.3 Å². The average molecular weight is 379 g/mol. The van der Waals surface area contributed by atoms with Crippen LogP contribution in [-0.2, 0) is 16.1 Å². The molecule has 7 heteroatoms. The molecule has 2 heterocycles. The molecule has 2 aromatic heterocycles. The van der Waals surface area contributed by atoms with E-state index < -0.39 is 0 Å².